The van der Waals surface area contributed by atoms with Crippen molar-refractivity contribution in [3.05, 3.63) is 163 Å². The Morgan fingerprint density at radius 3 is 2.14 bits per heavy atom. The maximum absolute atomic E-state index is 14.8. The summed E-state index contributed by atoms with van der Waals surface area (Å²) < 4.78 is 5.79. The molecular weight excluding hydrogens is 827 g/mol. The number of ether oxygens (including phenoxy) is 1. The van der Waals surface area contributed by atoms with Gasteiger partial charge in [-0.1, -0.05) is 91.5 Å². The molecule has 65 heavy (non-hydrogen) atoms. The largest absolute Gasteiger partial charge is 0.484 e. The number of carboxylic acids is 1. The van der Waals surface area contributed by atoms with Gasteiger partial charge >= 0.3 is 5.97 Å². The third-order valence-electron chi connectivity index (χ3n) is 11.1. The van der Waals surface area contributed by atoms with Crippen LogP contribution < -0.4 is 31.3 Å². The zero-order valence-electron chi connectivity index (χ0n) is 35.4. The van der Waals surface area contributed by atoms with Crippen LogP contribution in [0.3, 0.4) is 0 Å². The van der Waals surface area contributed by atoms with Gasteiger partial charge in [0.1, 0.15) is 29.9 Å². The molecule has 0 spiro atoms. The number of aliphatic carboxylic acids is 1. The monoisotopic (exact) mass is 875 g/mol. The first-order valence-corrected chi connectivity index (χ1v) is 21.2. The van der Waals surface area contributed by atoms with Gasteiger partial charge in [0.15, 0.2) is 6.61 Å². The number of amides is 5. The van der Waals surface area contributed by atoms with Crippen molar-refractivity contribution in [3.63, 3.8) is 0 Å². The van der Waals surface area contributed by atoms with E-state index in [1.165, 1.54) is 12.4 Å². The van der Waals surface area contributed by atoms with E-state index in [2.05, 4.69) is 43.1 Å². The van der Waals surface area contributed by atoms with Crippen LogP contribution in [0.5, 0.6) is 5.75 Å². The fourth-order valence-electron chi connectivity index (χ4n) is 7.57. The van der Waals surface area contributed by atoms with Crippen LogP contribution in [0, 0.1) is 0 Å². The van der Waals surface area contributed by atoms with Crippen molar-refractivity contribution in [2.45, 2.75) is 56.3 Å². The lowest BCUT2D eigenvalue weighted by atomic mass is 9.97. The average Bonchev–Trinajstić information content (AvgIpc) is 3.73. The molecule has 6 aromatic rings. The molecule has 0 saturated heterocycles. The number of pyridine rings is 1. The van der Waals surface area contributed by atoms with E-state index in [1.54, 1.807) is 42.6 Å². The van der Waals surface area contributed by atoms with E-state index in [9.17, 15) is 28.8 Å². The summed E-state index contributed by atoms with van der Waals surface area (Å²) in [6.07, 6.45) is 4.79. The number of hydrogen-bond acceptors (Lipinski definition) is 8. The third-order valence-corrected chi connectivity index (χ3v) is 11.1. The summed E-state index contributed by atoms with van der Waals surface area (Å²) in [7, 11) is 0. The highest BCUT2D eigenvalue weighted by Crippen LogP contribution is 2.23. The molecular formula is C50H49N7O8. The summed E-state index contributed by atoms with van der Waals surface area (Å²) in [5, 5.41) is 24.0. The first-order valence-electron chi connectivity index (χ1n) is 21.2. The number of carboxylic acid groups (broad SMARTS) is 1. The smallest absolute Gasteiger partial charge is 0.303 e. The van der Waals surface area contributed by atoms with Gasteiger partial charge in [0.2, 0.25) is 23.6 Å². The predicted octanol–water partition coefficient (Wildman–Crippen LogP) is 4.28. The second-order valence-electron chi connectivity index (χ2n) is 15.7. The number of benzene rings is 4. The summed E-state index contributed by atoms with van der Waals surface area (Å²) in [5.41, 5.74) is 5.50. The van der Waals surface area contributed by atoms with Crippen molar-refractivity contribution in [2.24, 2.45) is 0 Å². The molecule has 332 valence electrons. The number of carbonyl (C=O) groups excluding carboxylic acids is 5. The molecule has 7 N–H and O–H groups in total. The Labute approximate surface area is 375 Å². The normalized spacial score (nSPS) is 18.4. The summed E-state index contributed by atoms with van der Waals surface area (Å²) in [4.78, 5) is 89.7. The van der Waals surface area contributed by atoms with E-state index in [0.717, 1.165) is 22.0 Å². The number of nitrogens with one attached hydrogen (secondary N) is 6. The Bertz CT molecular complexity index is 2650. The van der Waals surface area contributed by atoms with Crippen molar-refractivity contribution >= 4 is 52.0 Å². The van der Waals surface area contributed by atoms with Crippen molar-refractivity contribution in [1.82, 2.24) is 36.6 Å². The van der Waals surface area contributed by atoms with Crippen LogP contribution in [0.4, 0.5) is 0 Å². The Balaban J connectivity index is 1.26. The molecule has 0 aliphatic carbocycles. The Morgan fingerprint density at radius 2 is 1.40 bits per heavy atom. The lowest BCUT2D eigenvalue weighted by Crippen LogP contribution is -2.59. The minimum absolute atomic E-state index is 0.00938. The molecule has 4 heterocycles. The molecule has 4 unspecified atom stereocenters. The topological polar surface area (TPSA) is 221 Å². The number of aromatic amines is 1. The van der Waals surface area contributed by atoms with E-state index in [4.69, 9.17) is 9.84 Å². The highest BCUT2D eigenvalue weighted by Gasteiger charge is 2.33. The van der Waals surface area contributed by atoms with Crippen molar-refractivity contribution in [1.29, 1.82) is 0 Å². The maximum atomic E-state index is 14.8. The molecule has 0 fully saturated rings. The van der Waals surface area contributed by atoms with Crippen LogP contribution >= 0.6 is 0 Å². The number of H-pyrrole nitrogens is 1. The summed E-state index contributed by atoms with van der Waals surface area (Å²) >= 11 is 0. The molecule has 0 saturated carbocycles. The standard InChI is InChI=1S/C50H49N7O8/c1-31(34-21-24-51-25-22-34)46-50(64)56-42(27-32-13-17-36(18-14-32)35-8-3-2-4-9-35)48(62)55-43(28-37-29-53-40-11-6-5-10-39(37)40)49(63)54-41(47(61)52-23-7-12-45(59)60)26-33-15-19-38(20-16-33)65-30-44(58)57-46/h2-6,8-11,13-22,24-25,29,41-43,46,53H,1,7,12,23,26-28,30H2,(H,52,61)(H,54,63)(H,55,62)(H,56,64)(H,57,58)(H,59,60). The molecule has 2 aliphatic heterocycles. The number of fused-ring (bicyclic) bond motifs is 17. The molecule has 2 aromatic heterocycles. The van der Waals surface area contributed by atoms with Gasteiger partial charge in [-0.05, 0) is 75.7 Å². The highest BCUT2D eigenvalue weighted by atomic mass is 16.5. The van der Waals surface area contributed by atoms with Gasteiger partial charge in [-0.15, -0.1) is 0 Å². The van der Waals surface area contributed by atoms with Gasteiger partial charge in [0.25, 0.3) is 5.91 Å². The quantitative estimate of drug-likeness (QED) is 0.0688. The first-order chi connectivity index (χ1) is 31.5. The van der Waals surface area contributed by atoms with Gasteiger partial charge < -0.3 is 41.4 Å². The fourth-order valence-corrected chi connectivity index (χ4v) is 7.57. The number of para-hydroxylation sites is 1. The van der Waals surface area contributed by atoms with Crippen LogP contribution in [0.15, 0.2) is 140 Å². The number of carbonyl (C=O) groups is 6. The van der Waals surface area contributed by atoms with Gasteiger partial charge in [-0.3, -0.25) is 33.8 Å². The lowest BCUT2D eigenvalue weighted by Gasteiger charge is -2.27. The van der Waals surface area contributed by atoms with Crippen LogP contribution in [0.25, 0.3) is 27.6 Å². The zero-order chi connectivity index (χ0) is 45.7. The van der Waals surface area contributed by atoms with Crippen LogP contribution in [-0.4, -0.2) is 87.9 Å². The second-order valence-corrected chi connectivity index (χ2v) is 15.7. The van der Waals surface area contributed by atoms with E-state index < -0.39 is 66.3 Å². The van der Waals surface area contributed by atoms with Crippen LogP contribution in [0.1, 0.15) is 35.1 Å². The number of rotatable bonds is 12. The minimum atomic E-state index is -1.37. The number of hydrogen-bond donors (Lipinski definition) is 7. The Hall–Kier alpha value is -8.07. The Kier molecular flexibility index (Phi) is 14.8. The van der Waals surface area contributed by atoms with E-state index in [0.29, 0.717) is 28.0 Å². The second kappa shape index (κ2) is 21.3. The molecule has 0 radical (unpaired) electrons. The fraction of sp³-hybridized carbons (Fsp3) is 0.220. The van der Waals surface area contributed by atoms with Gasteiger partial charge in [0.05, 0.1) is 0 Å². The van der Waals surface area contributed by atoms with E-state index in [1.807, 2.05) is 78.9 Å². The molecule has 15 nitrogen and oxygen atoms in total. The van der Waals surface area contributed by atoms with Gasteiger partial charge in [0, 0.05) is 61.7 Å². The molecule has 15 heteroatoms. The molecule has 8 rings (SSSR count). The molecule has 4 atom stereocenters. The van der Waals surface area contributed by atoms with Crippen LogP contribution in [-0.2, 0) is 48.0 Å². The summed E-state index contributed by atoms with van der Waals surface area (Å²) in [5.74, 6) is -4.04. The molecule has 2 bridgehead atoms. The number of aromatic nitrogens is 2. The molecule has 4 aromatic carbocycles. The van der Waals surface area contributed by atoms with Crippen molar-refractivity contribution < 1.29 is 38.6 Å². The first kappa shape index (κ1) is 45.0. The van der Waals surface area contributed by atoms with E-state index in [-0.39, 0.29) is 44.2 Å². The Morgan fingerprint density at radius 1 is 0.738 bits per heavy atom. The molecule has 5 amide bonds. The summed E-state index contributed by atoms with van der Waals surface area (Å²) in [6.45, 7) is 3.72. The van der Waals surface area contributed by atoms with Crippen LogP contribution in [0.2, 0.25) is 0 Å². The van der Waals surface area contributed by atoms with Crippen molar-refractivity contribution in [2.75, 3.05) is 13.2 Å². The minimum Gasteiger partial charge on any atom is -0.484 e. The molecule has 2 aliphatic rings. The van der Waals surface area contributed by atoms with Crippen molar-refractivity contribution in [3.8, 4) is 16.9 Å². The van der Waals surface area contributed by atoms with Gasteiger partial charge in [-0.25, -0.2) is 0 Å². The lowest BCUT2D eigenvalue weighted by molar-refractivity contribution is -0.137. The number of nitrogens with zero attached hydrogens (tertiary/aromatic N) is 1. The SMILES string of the molecule is C=C(c1ccncc1)C1NC(=O)COc2ccc(cc2)CC(C(=O)NCCCC(=O)O)NC(=O)C(Cc2c[nH]c3ccccc23)NC(=O)C(Cc2ccc(-c3ccccc3)cc2)NC1=O. The maximum Gasteiger partial charge on any atom is 0.303 e. The van der Waals surface area contributed by atoms with E-state index >= 15 is 0 Å². The van der Waals surface area contributed by atoms with Gasteiger partial charge in [-0.2, -0.15) is 0 Å². The third kappa shape index (κ3) is 12.1. The summed E-state index contributed by atoms with van der Waals surface area (Å²) in [6, 6.07) is 29.5. The average molecular weight is 876 g/mol. The predicted molar refractivity (Wildman–Crippen MR) is 244 cm³/mol. The highest BCUT2D eigenvalue weighted by molar-refractivity contribution is 6.01. The zero-order valence-corrected chi connectivity index (χ0v) is 35.4.